The van der Waals surface area contributed by atoms with Gasteiger partial charge in [-0.1, -0.05) is 26.3 Å². The number of piperazine rings is 1. The fourth-order valence-corrected chi connectivity index (χ4v) is 2.17. The van der Waals surface area contributed by atoms with Crippen LogP contribution < -0.4 is 5.32 Å². The quantitative estimate of drug-likeness (QED) is 0.878. The van der Waals surface area contributed by atoms with Crippen LogP contribution >= 0.6 is 0 Å². The Labute approximate surface area is 113 Å². The summed E-state index contributed by atoms with van der Waals surface area (Å²) in [5.74, 6) is 0.0309. The van der Waals surface area contributed by atoms with Crippen LogP contribution in [-0.4, -0.2) is 34.3 Å². The van der Waals surface area contributed by atoms with Gasteiger partial charge in [0.1, 0.15) is 12.6 Å². The summed E-state index contributed by atoms with van der Waals surface area (Å²) >= 11 is 0. The lowest BCUT2D eigenvalue weighted by Crippen LogP contribution is -2.59. The molecule has 2 heterocycles. The number of nitrogens with one attached hydrogen (secondary N) is 1. The highest BCUT2D eigenvalue weighted by Crippen LogP contribution is 2.15. The summed E-state index contributed by atoms with van der Waals surface area (Å²) in [5, 5.41) is 2.78. The Balaban J connectivity index is 2.11. The summed E-state index contributed by atoms with van der Waals surface area (Å²) in [5.41, 5.74) is 0.799. The van der Waals surface area contributed by atoms with E-state index in [2.05, 4.69) is 10.3 Å². The third-order valence-electron chi connectivity index (χ3n) is 3.52. The fraction of sp³-hybridized carbons (Fsp3) is 0.500. The van der Waals surface area contributed by atoms with Crippen molar-refractivity contribution in [3.63, 3.8) is 0 Å². The van der Waals surface area contributed by atoms with Gasteiger partial charge in [0.25, 0.3) is 0 Å². The van der Waals surface area contributed by atoms with Gasteiger partial charge in [0.2, 0.25) is 11.8 Å². The van der Waals surface area contributed by atoms with Gasteiger partial charge in [-0.3, -0.25) is 14.6 Å². The Hall–Kier alpha value is -1.91. The van der Waals surface area contributed by atoms with E-state index in [4.69, 9.17) is 0 Å². The van der Waals surface area contributed by atoms with Crippen LogP contribution in [0.3, 0.4) is 0 Å². The SMILES string of the molecule is CCC(C)C1NC(=O)CN(Cc2ccccn2)C1=O. The monoisotopic (exact) mass is 261 g/mol. The number of aromatic nitrogens is 1. The van der Waals surface area contributed by atoms with E-state index in [-0.39, 0.29) is 24.3 Å². The van der Waals surface area contributed by atoms with Crippen LogP contribution in [0.5, 0.6) is 0 Å². The molecule has 0 aliphatic carbocycles. The summed E-state index contributed by atoms with van der Waals surface area (Å²) in [6, 6.07) is 5.16. The van der Waals surface area contributed by atoms with Crippen molar-refractivity contribution in [3.05, 3.63) is 30.1 Å². The Morgan fingerprint density at radius 1 is 1.47 bits per heavy atom. The normalized spacial score (nSPS) is 21.2. The number of amides is 2. The molecule has 5 nitrogen and oxygen atoms in total. The highest BCUT2D eigenvalue weighted by molar-refractivity contribution is 5.94. The summed E-state index contributed by atoms with van der Waals surface area (Å²) in [6.45, 7) is 4.50. The number of carbonyl (C=O) groups excluding carboxylic acids is 2. The molecule has 5 heteroatoms. The van der Waals surface area contributed by atoms with Gasteiger partial charge < -0.3 is 10.2 Å². The molecule has 102 valence electrons. The van der Waals surface area contributed by atoms with Gasteiger partial charge in [0.05, 0.1) is 12.2 Å². The molecule has 1 fully saturated rings. The summed E-state index contributed by atoms with van der Waals surface area (Å²) < 4.78 is 0. The summed E-state index contributed by atoms with van der Waals surface area (Å²) in [6.07, 6.45) is 2.55. The number of hydrogen-bond acceptors (Lipinski definition) is 3. The second-order valence-corrected chi connectivity index (χ2v) is 4.95. The molecule has 1 aliphatic heterocycles. The zero-order valence-corrected chi connectivity index (χ0v) is 11.3. The lowest BCUT2D eigenvalue weighted by Gasteiger charge is -2.34. The van der Waals surface area contributed by atoms with Gasteiger partial charge in [-0.25, -0.2) is 0 Å². The van der Waals surface area contributed by atoms with Crippen LogP contribution in [-0.2, 0) is 16.1 Å². The van der Waals surface area contributed by atoms with Crippen molar-refractivity contribution in [1.82, 2.24) is 15.2 Å². The van der Waals surface area contributed by atoms with Crippen molar-refractivity contribution in [3.8, 4) is 0 Å². The minimum Gasteiger partial charge on any atom is -0.342 e. The van der Waals surface area contributed by atoms with E-state index in [1.807, 2.05) is 32.0 Å². The lowest BCUT2D eigenvalue weighted by atomic mass is 9.96. The Bertz CT molecular complexity index is 461. The van der Waals surface area contributed by atoms with Gasteiger partial charge in [0, 0.05) is 6.20 Å². The predicted molar refractivity (Wildman–Crippen MR) is 71.0 cm³/mol. The zero-order valence-electron chi connectivity index (χ0n) is 11.3. The highest BCUT2D eigenvalue weighted by atomic mass is 16.2. The van der Waals surface area contributed by atoms with E-state index in [0.717, 1.165) is 12.1 Å². The second kappa shape index (κ2) is 5.82. The van der Waals surface area contributed by atoms with E-state index >= 15 is 0 Å². The van der Waals surface area contributed by atoms with Crippen molar-refractivity contribution in [2.24, 2.45) is 5.92 Å². The van der Waals surface area contributed by atoms with Gasteiger partial charge >= 0.3 is 0 Å². The molecule has 1 aromatic rings. The van der Waals surface area contributed by atoms with Crippen LogP contribution in [0.1, 0.15) is 26.0 Å². The first-order chi connectivity index (χ1) is 9.11. The molecule has 1 aliphatic rings. The highest BCUT2D eigenvalue weighted by Gasteiger charge is 2.35. The molecule has 1 aromatic heterocycles. The maximum absolute atomic E-state index is 12.4. The molecule has 19 heavy (non-hydrogen) atoms. The van der Waals surface area contributed by atoms with E-state index in [1.165, 1.54) is 0 Å². The first kappa shape index (κ1) is 13.5. The standard InChI is InChI=1S/C14H19N3O2/c1-3-10(2)13-14(19)17(9-12(18)16-13)8-11-6-4-5-7-15-11/h4-7,10,13H,3,8-9H2,1-2H3,(H,16,18). The molecule has 2 unspecified atom stereocenters. The molecule has 0 saturated carbocycles. The molecule has 2 atom stereocenters. The largest absolute Gasteiger partial charge is 0.342 e. The molecule has 1 N–H and O–H groups in total. The zero-order chi connectivity index (χ0) is 13.8. The topological polar surface area (TPSA) is 62.3 Å². The van der Waals surface area contributed by atoms with Crippen molar-refractivity contribution < 1.29 is 9.59 Å². The molecule has 0 spiro atoms. The van der Waals surface area contributed by atoms with E-state index in [9.17, 15) is 9.59 Å². The molecular formula is C14H19N3O2. The number of nitrogens with zero attached hydrogens (tertiary/aromatic N) is 2. The van der Waals surface area contributed by atoms with Gasteiger partial charge in [0.15, 0.2) is 0 Å². The molecule has 2 amide bonds. The first-order valence-corrected chi connectivity index (χ1v) is 6.60. The second-order valence-electron chi connectivity index (χ2n) is 4.95. The predicted octanol–water partition coefficient (Wildman–Crippen LogP) is 0.955. The first-order valence-electron chi connectivity index (χ1n) is 6.60. The Morgan fingerprint density at radius 3 is 2.89 bits per heavy atom. The molecule has 2 rings (SSSR count). The average molecular weight is 261 g/mol. The molecule has 0 bridgehead atoms. The van der Waals surface area contributed by atoms with Crippen LogP contribution in [0, 0.1) is 5.92 Å². The molecule has 0 aromatic carbocycles. The number of pyridine rings is 1. The maximum atomic E-state index is 12.4. The molecule has 1 saturated heterocycles. The summed E-state index contributed by atoms with van der Waals surface area (Å²) in [4.78, 5) is 29.9. The average Bonchev–Trinajstić information content (AvgIpc) is 2.42. The summed E-state index contributed by atoms with van der Waals surface area (Å²) in [7, 11) is 0. The van der Waals surface area contributed by atoms with Crippen molar-refractivity contribution in [1.29, 1.82) is 0 Å². The Morgan fingerprint density at radius 2 is 2.26 bits per heavy atom. The molecular weight excluding hydrogens is 242 g/mol. The van der Waals surface area contributed by atoms with Crippen molar-refractivity contribution in [2.45, 2.75) is 32.9 Å². The smallest absolute Gasteiger partial charge is 0.246 e. The molecule has 0 radical (unpaired) electrons. The van der Waals surface area contributed by atoms with E-state index in [1.54, 1.807) is 11.1 Å². The Kier molecular flexibility index (Phi) is 4.14. The van der Waals surface area contributed by atoms with Crippen LogP contribution in [0.4, 0.5) is 0 Å². The lowest BCUT2D eigenvalue weighted by molar-refractivity contribution is -0.146. The fourth-order valence-electron chi connectivity index (χ4n) is 2.17. The van der Waals surface area contributed by atoms with Crippen LogP contribution in [0.15, 0.2) is 24.4 Å². The third kappa shape index (κ3) is 3.10. The number of carbonyl (C=O) groups is 2. The number of rotatable bonds is 4. The van der Waals surface area contributed by atoms with E-state index < -0.39 is 6.04 Å². The van der Waals surface area contributed by atoms with Gasteiger partial charge in [-0.15, -0.1) is 0 Å². The number of hydrogen-bond donors (Lipinski definition) is 1. The minimum atomic E-state index is -0.407. The maximum Gasteiger partial charge on any atom is 0.246 e. The third-order valence-corrected chi connectivity index (χ3v) is 3.52. The minimum absolute atomic E-state index is 0.0143. The van der Waals surface area contributed by atoms with Crippen LogP contribution in [0.25, 0.3) is 0 Å². The van der Waals surface area contributed by atoms with Gasteiger partial charge in [-0.05, 0) is 18.1 Å². The van der Waals surface area contributed by atoms with E-state index in [0.29, 0.717) is 6.54 Å². The van der Waals surface area contributed by atoms with Gasteiger partial charge in [-0.2, -0.15) is 0 Å². The van der Waals surface area contributed by atoms with Crippen molar-refractivity contribution in [2.75, 3.05) is 6.54 Å². The van der Waals surface area contributed by atoms with Crippen molar-refractivity contribution >= 4 is 11.8 Å². The van der Waals surface area contributed by atoms with Crippen LogP contribution in [0.2, 0.25) is 0 Å².